The average molecular weight is 220 g/mol. The molecule has 0 saturated heterocycles. The molecule has 0 amide bonds. The molecule has 0 aliphatic heterocycles. The number of hydrogen-bond acceptors (Lipinski definition) is 2. The number of fused-ring (bicyclic) bond motifs is 2. The van der Waals surface area contributed by atoms with Crippen LogP contribution >= 0.6 is 0 Å². The summed E-state index contributed by atoms with van der Waals surface area (Å²) in [6.45, 7) is 0. The van der Waals surface area contributed by atoms with Gasteiger partial charge in [-0.15, -0.1) is 0 Å². The van der Waals surface area contributed by atoms with Crippen molar-refractivity contribution in [1.82, 2.24) is 0 Å². The van der Waals surface area contributed by atoms with E-state index in [0.717, 1.165) is 25.2 Å². The van der Waals surface area contributed by atoms with Crippen molar-refractivity contribution in [3.05, 3.63) is 11.8 Å². The highest BCUT2D eigenvalue weighted by Gasteiger charge is 2.52. The summed E-state index contributed by atoms with van der Waals surface area (Å²) in [5, 5.41) is 0. The third kappa shape index (κ3) is 1.42. The van der Waals surface area contributed by atoms with Gasteiger partial charge in [0.2, 0.25) is 0 Å². The van der Waals surface area contributed by atoms with Crippen molar-refractivity contribution in [1.29, 1.82) is 0 Å². The molecule has 2 heteroatoms. The molecule has 4 aliphatic carbocycles. The highest BCUT2D eigenvalue weighted by atomic mass is 16.5. The molecule has 16 heavy (non-hydrogen) atoms. The Kier molecular flexibility index (Phi) is 2.34. The van der Waals surface area contributed by atoms with Gasteiger partial charge in [0.1, 0.15) is 5.78 Å². The Morgan fingerprint density at radius 2 is 2.31 bits per heavy atom. The summed E-state index contributed by atoms with van der Waals surface area (Å²) in [7, 11) is 1.73. The van der Waals surface area contributed by atoms with Gasteiger partial charge in [0.05, 0.1) is 13.4 Å². The molecule has 0 radical (unpaired) electrons. The van der Waals surface area contributed by atoms with Gasteiger partial charge in [-0.1, -0.05) is 0 Å². The normalized spacial score (nSPS) is 44.6. The maximum atomic E-state index is 11.9. The Morgan fingerprint density at radius 3 is 3.06 bits per heavy atom. The molecule has 0 aromatic heterocycles. The first kappa shape index (κ1) is 10.4. The van der Waals surface area contributed by atoms with Crippen molar-refractivity contribution in [2.45, 2.75) is 44.9 Å². The van der Waals surface area contributed by atoms with Gasteiger partial charge in [-0.2, -0.15) is 0 Å². The Bertz CT molecular complexity index is 345. The molecule has 4 saturated carbocycles. The van der Waals surface area contributed by atoms with Crippen LogP contribution in [0.3, 0.4) is 0 Å². The SMILES string of the molecule is CO/C=C1/CC[C@@]23CC[C@@H](C[C@@H]2C1)C(=O)C3. The zero-order valence-electron chi connectivity index (χ0n) is 10.00. The van der Waals surface area contributed by atoms with Crippen molar-refractivity contribution in [3.8, 4) is 0 Å². The molecule has 4 aliphatic rings. The van der Waals surface area contributed by atoms with Gasteiger partial charge in [0, 0.05) is 12.3 Å². The number of allylic oxidation sites excluding steroid dienone is 1. The Labute approximate surface area is 97.1 Å². The van der Waals surface area contributed by atoms with Crippen molar-refractivity contribution in [3.63, 3.8) is 0 Å². The molecule has 0 aromatic rings. The van der Waals surface area contributed by atoms with Crippen LogP contribution in [0.25, 0.3) is 0 Å². The van der Waals surface area contributed by atoms with E-state index in [1.165, 1.54) is 31.3 Å². The zero-order valence-corrected chi connectivity index (χ0v) is 10.00. The van der Waals surface area contributed by atoms with Crippen LogP contribution in [0.1, 0.15) is 44.9 Å². The smallest absolute Gasteiger partial charge is 0.136 e. The minimum Gasteiger partial charge on any atom is -0.504 e. The first-order valence-corrected chi connectivity index (χ1v) is 6.47. The highest BCUT2D eigenvalue weighted by Crippen LogP contribution is 2.59. The Balaban J connectivity index is 1.82. The number of carbonyl (C=O) groups is 1. The number of Topliss-reactive ketones (excluding diaryl/α,β-unsaturated/α-hetero) is 1. The lowest BCUT2D eigenvalue weighted by atomic mass is 9.50. The average Bonchev–Trinajstić information content (AvgIpc) is 2.29. The number of hydrogen-bond donors (Lipinski definition) is 0. The molecule has 2 bridgehead atoms. The van der Waals surface area contributed by atoms with Crippen LogP contribution < -0.4 is 0 Å². The zero-order chi connectivity index (χ0) is 11.2. The molecule has 4 rings (SSSR count). The van der Waals surface area contributed by atoms with E-state index in [4.69, 9.17) is 4.74 Å². The predicted molar refractivity (Wildman–Crippen MR) is 61.8 cm³/mol. The van der Waals surface area contributed by atoms with Gasteiger partial charge in [-0.05, 0) is 55.4 Å². The second kappa shape index (κ2) is 3.61. The van der Waals surface area contributed by atoms with Gasteiger partial charge in [0.15, 0.2) is 0 Å². The van der Waals surface area contributed by atoms with E-state index in [1.54, 1.807) is 7.11 Å². The molecular weight excluding hydrogens is 200 g/mol. The molecular formula is C14H20O2. The summed E-state index contributed by atoms with van der Waals surface area (Å²) in [6, 6.07) is 0. The molecule has 1 spiro atoms. The van der Waals surface area contributed by atoms with Crippen molar-refractivity contribution in [2.75, 3.05) is 7.11 Å². The van der Waals surface area contributed by atoms with Gasteiger partial charge in [-0.3, -0.25) is 4.79 Å². The van der Waals surface area contributed by atoms with Gasteiger partial charge < -0.3 is 4.74 Å². The van der Waals surface area contributed by atoms with E-state index in [0.29, 0.717) is 17.1 Å². The van der Waals surface area contributed by atoms with Crippen LogP contribution in [0.2, 0.25) is 0 Å². The number of ether oxygens (including phenoxy) is 1. The molecule has 2 nitrogen and oxygen atoms in total. The van der Waals surface area contributed by atoms with Crippen LogP contribution in [0.4, 0.5) is 0 Å². The number of rotatable bonds is 1. The van der Waals surface area contributed by atoms with E-state index in [9.17, 15) is 4.79 Å². The van der Waals surface area contributed by atoms with E-state index < -0.39 is 0 Å². The van der Waals surface area contributed by atoms with Gasteiger partial charge >= 0.3 is 0 Å². The van der Waals surface area contributed by atoms with Crippen LogP contribution in [0, 0.1) is 17.3 Å². The molecule has 4 fully saturated rings. The number of carbonyl (C=O) groups excluding carboxylic acids is 1. The van der Waals surface area contributed by atoms with Crippen LogP contribution in [-0.2, 0) is 9.53 Å². The number of ketones is 1. The molecule has 3 atom stereocenters. The van der Waals surface area contributed by atoms with E-state index >= 15 is 0 Å². The largest absolute Gasteiger partial charge is 0.504 e. The minimum absolute atomic E-state index is 0.386. The van der Waals surface area contributed by atoms with Crippen LogP contribution in [0.5, 0.6) is 0 Å². The number of methoxy groups -OCH3 is 1. The van der Waals surface area contributed by atoms with Crippen molar-refractivity contribution in [2.24, 2.45) is 17.3 Å². The highest BCUT2D eigenvalue weighted by molar-refractivity contribution is 5.83. The fraction of sp³-hybridized carbons (Fsp3) is 0.786. The van der Waals surface area contributed by atoms with Gasteiger partial charge in [0.25, 0.3) is 0 Å². The fourth-order valence-electron chi connectivity index (χ4n) is 4.21. The summed E-state index contributed by atoms with van der Waals surface area (Å²) in [6.07, 6.45) is 9.96. The molecule has 0 heterocycles. The summed E-state index contributed by atoms with van der Waals surface area (Å²) in [5.74, 6) is 1.72. The third-order valence-corrected chi connectivity index (χ3v) is 5.14. The lowest BCUT2D eigenvalue weighted by Gasteiger charge is -2.54. The topological polar surface area (TPSA) is 26.3 Å². The summed E-state index contributed by atoms with van der Waals surface area (Å²) < 4.78 is 5.13. The third-order valence-electron chi connectivity index (χ3n) is 5.14. The van der Waals surface area contributed by atoms with Crippen LogP contribution in [0.15, 0.2) is 11.8 Å². The van der Waals surface area contributed by atoms with Crippen molar-refractivity contribution < 1.29 is 9.53 Å². The minimum atomic E-state index is 0.386. The molecule has 0 N–H and O–H groups in total. The Morgan fingerprint density at radius 1 is 1.44 bits per heavy atom. The maximum absolute atomic E-state index is 11.9. The quantitative estimate of drug-likeness (QED) is 0.635. The lowest BCUT2D eigenvalue weighted by molar-refractivity contribution is -0.140. The first-order valence-electron chi connectivity index (χ1n) is 6.47. The van der Waals surface area contributed by atoms with Crippen molar-refractivity contribution >= 4 is 5.78 Å². The summed E-state index contributed by atoms with van der Waals surface area (Å²) in [5.41, 5.74) is 1.84. The molecule has 88 valence electrons. The molecule has 0 unspecified atom stereocenters. The fourth-order valence-corrected chi connectivity index (χ4v) is 4.21. The monoisotopic (exact) mass is 220 g/mol. The van der Waals surface area contributed by atoms with E-state index in [1.807, 2.05) is 6.26 Å². The predicted octanol–water partition coefficient (Wildman–Crippen LogP) is 3.08. The van der Waals surface area contributed by atoms with Gasteiger partial charge in [-0.25, -0.2) is 0 Å². The lowest BCUT2D eigenvalue weighted by Crippen LogP contribution is -2.48. The first-order chi connectivity index (χ1) is 7.73. The molecule has 0 aromatic carbocycles. The second-order valence-electron chi connectivity index (χ2n) is 5.89. The standard InChI is InChI=1S/C14H20O2/c1-16-9-10-2-4-14-5-3-11(13(15)8-14)7-12(14)6-10/h9,11-12H,2-8H2,1H3/b10-9-/t11-,12-,14-/m0/s1. The second-order valence-corrected chi connectivity index (χ2v) is 5.89. The summed E-state index contributed by atoms with van der Waals surface area (Å²) >= 11 is 0. The van der Waals surface area contributed by atoms with E-state index in [2.05, 4.69) is 0 Å². The van der Waals surface area contributed by atoms with Crippen LogP contribution in [-0.4, -0.2) is 12.9 Å². The summed E-state index contributed by atoms with van der Waals surface area (Å²) in [4.78, 5) is 11.9. The van der Waals surface area contributed by atoms with E-state index in [-0.39, 0.29) is 0 Å². The Hall–Kier alpha value is -0.790. The maximum Gasteiger partial charge on any atom is 0.136 e.